The van der Waals surface area contributed by atoms with Gasteiger partial charge in [0.05, 0.1) is 7.11 Å². The molecule has 0 saturated carbocycles. The molecule has 0 bridgehead atoms. The monoisotopic (exact) mass is 223 g/mol. The third kappa shape index (κ3) is 4.49. The summed E-state index contributed by atoms with van der Waals surface area (Å²) in [6, 6.07) is 4.30. The summed E-state index contributed by atoms with van der Waals surface area (Å²) in [6.45, 7) is 3.26. The highest BCUT2D eigenvalue weighted by Gasteiger charge is 2.03. The van der Waals surface area contributed by atoms with Crippen molar-refractivity contribution in [1.82, 2.24) is 9.88 Å². The van der Waals surface area contributed by atoms with Crippen LogP contribution < -0.4 is 10.1 Å². The quantitative estimate of drug-likeness (QED) is 0.798. The first kappa shape index (κ1) is 12.8. The van der Waals surface area contributed by atoms with E-state index in [0.29, 0.717) is 11.9 Å². The van der Waals surface area contributed by atoms with Gasteiger partial charge in [0.1, 0.15) is 0 Å². The lowest BCUT2D eigenvalue weighted by atomic mass is 10.2. The standard InChI is InChI=1S/C12H21N3O/c1-10(6-8-15(2)3)14-11-5-7-13-12(9-11)16-4/h5,7,9-10H,6,8H2,1-4H3,(H,13,14). The summed E-state index contributed by atoms with van der Waals surface area (Å²) < 4.78 is 5.08. The zero-order valence-electron chi connectivity index (χ0n) is 10.5. The molecular weight excluding hydrogens is 202 g/mol. The van der Waals surface area contributed by atoms with Gasteiger partial charge in [-0.2, -0.15) is 0 Å². The average Bonchev–Trinajstić information content (AvgIpc) is 2.26. The van der Waals surface area contributed by atoms with Crippen LogP contribution in [0.4, 0.5) is 5.69 Å². The number of pyridine rings is 1. The molecule has 0 aromatic carbocycles. The van der Waals surface area contributed by atoms with Crippen LogP contribution in [0.15, 0.2) is 18.3 Å². The van der Waals surface area contributed by atoms with Gasteiger partial charge in [0.25, 0.3) is 0 Å². The number of hydrogen-bond acceptors (Lipinski definition) is 4. The van der Waals surface area contributed by atoms with Gasteiger partial charge in [0.15, 0.2) is 0 Å². The maximum Gasteiger partial charge on any atom is 0.214 e. The van der Waals surface area contributed by atoms with Crippen LogP contribution >= 0.6 is 0 Å². The fourth-order valence-electron chi connectivity index (χ4n) is 1.42. The van der Waals surface area contributed by atoms with Crippen LogP contribution in [0.2, 0.25) is 0 Å². The van der Waals surface area contributed by atoms with Crippen molar-refractivity contribution in [3.63, 3.8) is 0 Å². The lowest BCUT2D eigenvalue weighted by molar-refractivity contribution is 0.390. The Morgan fingerprint density at radius 3 is 2.88 bits per heavy atom. The van der Waals surface area contributed by atoms with Gasteiger partial charge >= 0.3 is 0 Å². The van der Waals surface area contributed by atoms with E-state index in [0.717, 1.165) is 18.7 Å². The zero-order chi connectivity index (χ0) is 12.0. The van der Waals surface area contributed by atoms with Crippen LogP contribution in [-0.2, 0) is 0 Å². The maximum absolute atomic E-state index is 5.08. The van der Waals surface area contributed by atoms with Crippen molar-refractivity contribution in [2.45, 2.75) is 19.4 Å². The number of ether oxygens (including phenoxy) is 1. The van der Waals surface area contributed by atoms with Crippen molar-refractivity contribution >= 4 is 5.69 Å². The topological polar surface area (TPSA) is 37.4 Å². The minimum atomic E-state index is 0.439. The van der Waals surface area contributed by atoms with Crippen molar-refractivity contribution in [2.24, 2.45) is 0 Å². The van der Waals surface area contributed by atoms with E-state index in [9.17, 15) is 0 Å². The molecule has 90 valence electrons. The molecule has 1 atom stereocenters. The van der Waals surface area contributed by atoms with E-state index < -0.39 is 0 Å². The van der Waals surface area contributed by atoms with Gasteiger partial charge < -0.3 is 15.0 Å². The predicted octanol–water partition coefficient (Wildman–Crippen LogP) is 1.84. The van der Waals surface area contributed by atoms with E-state index in [1.807, 2.05) is 12.1 Å². The summed E-state index contributed by atoms with van der Waals surface area (Å²) in [6.07, 6.45) is 2.86. The van der Waals surface area contributed by atoms with Gasteiger partial charge in [-0.1, -0.05) is 0 Å². The van der Waals surface area contributed by atoms with Gasteiger partial charge in [0.2, 0.25) is 5.88 Å². The van der Waals surface area contributed by atoms with Crippen molar-refractivity contribution in [3.05, 3.63) is 18.3 Å². The molecule has 16 heavy (non-hydrogen) atoms. The maximum atomic E-state index is 5.08. The van der Waals surface area contributed by atoms with Gasteiger partial charge in [-0.15, -0.1) is 0 Å². The summed E-state index contributed by atoms with van der Waals surface area (Å²) in [5, 5.41) is 3.43. The number of methoxy groups -OCH3 is 1. The highest BCUT2D eigenvalue weighted by atomic mass is 16.5. The number of rotatable bonds is 6. The first-order valence-corrected chi connectivity index (χ1v) is 5.53. The molecule has 0 aliphatic carbocycles. The van der Waals surface area contributed by atoms with Gasteiger partial charge in [0, 0.05) is 24.0 Å². The average molecular weight is 223 g/mol. The lowest BCUT2D eigenvalue weighted by Crippen LogP contribution is -2.22. The third-order valence-electron chi connectivity index (χ3n) is 2.37. The zero-order valence-corrected chi connectivity index (χ0v) is 10.5. The summed E-state index contributed by atoms with van der Waals surface area (Å²) in [5.74, 6) is 0.643. The molecule has 4 nitrogen and oxygen atoms in total. The Morgan fingerprint density at radius 2 is 2.25 bits per heavy atom. The molecule has 1 aromatic heterocycles. The van der Waals surface area contributed by atoms with Crippen molar-refractivity contribution in [3.8, 4) is 5.88 Å². The van der Waals surface area contributed by atoms with Gasteiger partial charge in [-0.3, -0.25) is 0 Å². The molecule has 0 spiro atoms. The Balaban J connectivity index is 2.45. The highest BCUT2D eigenvalue weighted by Crippen LogP contribution is 2.14. The molecule has 0 radical (unpaired) electrons. The number of nitrogens with zero attached hydrogens (tertiary/aromatic N) is 2. The largest absolute Gasteiger partial charge is 0.481 e. The SMILES string of the molecule is COc1cc(NC(C)CCN(C)C)ccn1. The minimum Gasteiger partial charge on any atom is -0.481 e. The molecule has 0 saturated heterocycles. The second-order valence-corrected chi connectivity index (χ2v) is 4.22. The van der Waals surface area contributed by atoms with Gasteiger partial charge in [-0.05, 0) is 40.1 Å². The molecule has 0 aliphatic rings. The number of anilines is 1. The van der Waals surface area contributed by atoms with E-state index in [2.05, 4.69) is 36.2 Å². The Morgan fingerprint density at radius 1 is 1.50 bits per heavy atom. The molecule has 1 aromatic rings. The number of aromatic nitrogens is 1. The Kier molecular flexibility index (Phi) is 5.05. The van der Waals surface area contributed by atoms with Crippen LogP contribution in [0, 0.1) is 0 Å². The first-order valence-electron chi connectivity index (χ1n) is 5.53. The van der Waals surface area contributed by atoms with E-state index in [1.54, 1.807) is 13.3 Å². The highest BCUT2D eigenvalue weighted by molar-refractivity contribution is 5.45. The summed E-state index contributed by atoms with van der Waals surface area (Å²) in [4.78, 5) is 6.25. The third-order valence-corrected chi connectivity index (χ3v) is 2.37. The Bertz CT molecular complexity index is 315. The lowest BCUT2D eigenvalue weighted by Gasteiger charge is -2.17. The van der Waals surface area contributed by atoms with Crippen LogP contribution in [0.3, 0.4) is 0 Å². The summed E-state index contributed by atoms with van der Waals surface area (Å²) in [7, 11) is 5.80. The second-order valence-electron chi connectivity index (χ2n) is 4.22. The van der Waals surface area contributed by atoms with Crippen molar-refractivity contribution in [2.75, 3.05) is 33.1 Å². The fraction of sp³-hybridized carbons (Fsp3) is 0.583. The van der Waals surface area contributed by atoms with Crippen LogP contribution in [0.1, 0.15) is 13.3 Å². The molecule has 0 fully saturated rings. The van der Waals surface area contributed by atoms with E-state index in [1.165, 1.54) is 0 Å². The van der Waals surface area contributed by atoms with Gasteiger partial charge in [-0.25, -0.2) is 4.98 Å². The Hall–Kier alpha value is -1.29. The van der Waals surface area contributed by atoms with Crippen molar-refractivity contribution in [1.29, 1.82) is 0 Å². The summed E-state index contributed by atoms with van der Waals surface area (Å²) >= 11 is 0. The molecular formula is C12H21N3O. The van der Waals surface area contributed by atoms with Crippen molar-refractivity contribution < 1.29 is 4.74 Å². The minimum absolute atomic E-state index is 0.439. The normalized spacial score (nSPS) is 12.6. The summed E-state index contributed by atoms with van der Waals surface area (Å²) in [5.41, 5.74) is 1.05. The number of nitrogens with one attached hydrogen (secondary N) is 1. The fourth-order valence-corrected chi connectivity index (χ4v) is 1.42. The Labute approximate surface area is 97.6 Å². The smallest absolute Gasteiger partial charge is 0.214 e. The second kappa shape index (κ2) is 6.33. The number of hydrogen-bond donors (Lipinski definition) is 1. The van der Waals surface area contributed by atoms with Crippen LogP contribution in [0.5, 0.6) is 5.88 Å². The first-order chi connectivity index (χ1) is 7.61. The molecule has 1 rings (SSSR count). The molecule has 1 unspecified atom stereocenters. The molecule has 0 aliphatic heterocycles. The molecule has 1 heterocycles. The van der Waals surface area contributed by atoms with E-state index >= 15 is 0 Å². The molecule has 0 amide bonds. The molecule has 4 heteroatoms. The van der Waals surface area contributed by atoms with E-state index in [-0.39, 0.29) is 0 Å². The predicted molar refractivity (Wildman–Crippen MR) is 67.0 cm³/mol. The van der Waals surface area contributed by atoms with Crippen LogP contribution in [0.25, 0.3) is 0 Å². The van der Waals surface area contributed by atoms with Crippen LogP contribution in [-0.4, -0.2) is 43.7 Å². The van der Waals surface area contributed by atoms with E-state index in [4.69, 9.17) is 4.74 Å². The molecule has 1 N–H and O–H groups in total.